The Morgan fingerprint density at radius 2 is 0.870 bits per heavy atom. The number of rotatable bonds is 5. The van der Waals surface area contributed by atoms with Crippen LogP contribution >= 0.6 is 11.3 Å². The molecule has 252 valence electrons. The third kappa shape index (κ3) is 5.07. The van der Waals surface area contributed by atoms with Crippen LogP contribution in [-0.4, -0.2) is 0 Å². The molecule has 0 saturated carbocycles. The SMILES string of the molecule is c1ccc(-c2ccc(N(c3ccc4sc5cc6ccccc6cc5c4c3)c3cc(-c4cc5ccccc5c5ccccc45)cc4ccccc34)cc2)cc1. The zero-order valence-corrected chi connectivity index (χ0v) is 30.2. The molecule has 0 bridgehead atoms. The molecular formula is C52H33NS. The van der Waals surface area contributed by atoms with Gasteiger partial charge in [-0.05, 0) is 121 Å². The van der Waals surface area contributed by atoms with Crippen molar-refractivity contribution in [3.8, 4) is 22.3 Å². The second kappa shape index (κ2) is 12.4. The molecule has 10 aromatic carbocycles. The average molecular weight is 704 g/mol. The van der Waals surface area contributed by atoms with Crippen molar-refractivity contribution in [2.45, 2.75) is 0 Å². The van der Waals surface area contributed by atoms with Crippen LogP contribution in [-0.2, 0) is 0 Å². The molecule has 1 heterocycles. The van der Waals surface area contributed by atoms with Crippen molar-refractivity contribution in [2.75, 3.05) is 4.90 Å². The van der Waals surface area contributed by atoms with Gasteiger partial charge in [-0.1, -0.05) is 140 Å². The lowest BCUT2D eigenvalue weighted by Crippen LogP contribution is -2.10. The Hall–Kier alpha value is -6.74. The van der Waals surface area contributed by atoms with Crippen molar-refractivity contribution in [3.05, 3.63) is 200 Å². The van der Waals surface area contributed by atoms with Crippen molar-refractivity contribution < 1.29 is 0 Å². The Kier molecular flexibility index (Phi) is 7.11. The van der Waals surface area contributed by atoms with E-state index in [9.17, 15) is 0 Å². The Labute approximate surface area is 317 Å². The predicted molar refractivity (Wildman–Crippen MR) is 235 cm³/mol. The first-order valence-electron chi connectivity index (χ1n) is 18.5. The Morgan fingerprint density at radius 3 is 1.65 bits per heavy atom. The summed E-state index contributed by atoms with van der Waals surface area (Å²) >= 11 is 1.87. The molecule has 1 nitrogen and oxygen atoms in total. The number of anilines is 3. The van der Waals surface area contributed by atoms with Gasteiger partial charge in [0.1, 0.15) is 0 Å². The van der Waals surface area contributed by atoms with Gasteiger partial charge < -0.3 is 4.90 Å². The molecule has 1 aromatic heterocycles. The van der Waals surface area contributed by atoms with Gasteiger partial charge in [-0.15, -0.1) is 11.3 Å². The van der Waals surface area contributed by atoms with Crippen LogP contribution in [0.5, 0.6) is 0 Å². The first kappa shape index (κ1) is 30.8. The van der Waals surface area contributed by atoms with E-state index in [4.69, 9.17) is 0 Å². The van der Waals surface area contributed by atoms with E-state index in [1.54, 1.807) is 0 Å². The molecule has 0 radical (unpaired) electrons. The van der Waals surface area contributed by atoms with Crippen LogP contribution in [0.3, 0.4) is 0 Å². The largest absolute Gasteiger partial charge is 0.310 e. The fourth-order valence-electron chi connectivity index (χ4n) is 8.37. The van der Waals surface area contributed by atoms with Gasteiger partial charge >= 0.3 is 0 Å². The maximum atomic E-state index is 2.47. The molecule has 0 spiro atoms. The normalized spacial score (nSPS) is 11.7. The summed E-state index contributed by atoms with van der Waals surface area (Å²) in [6, 6.07) is 73.7. The highest BCUT2D eigenvalue weighted by Gasteiger charge is 2.20. The van der Waals surface area contributed by atoms with Crippen LogP contribution in [0, 0.1) is 0 Å². The van der Waals surface area contributed by atoms with Gasteiger partial charge in [0.2, 0.25) is 0 Å². The zero-order chi connectivity index (χ0) is 35.6. The molecule has 0 amide bonds. The number of benzene rings is 10. The molecule has 0 aliphatic rings. The second-order valence-corrected chi connectivity index (χ2v) is 15.2. The van der Waals surface area contributed by atoms with Crippen molar-refractivity contribution in [1.82, 2.24) is 0 Å². The summed E-state index contributed by atoms with van der Waals surface area (Å²) in [6.45, 7) is 0. The fourth-order valence-corrected chi connectivity index (χ4v) is 9.49. The topological polar surface area (TPSA) is 3.24 Å². The lowest BCUT2D eigenvalue weighted by Gasteiger charge is -2.28. The Morgan fingerprint density at radius 1 is 0.296 bits per heavy atom. The van der Waals surface area contributed by atoms with Gasteiger partial charge in [-0.25, -0.2) is 0 Å². The molecule has 0 aliphatic carbocycles. The molecule has 54 heavy (non-hydrogen) atoms. The van der Waals surface area contributed by atoms with Crippen molar-refractivity contribution in [1.29, 1.82) is 0 Å². The number of fused-ring (bicyclic) bond motifs is 8. The molecule has 11 rings (SSSR count). The third-order valence-electron chi connectivity index (χ3n) is 11.0. The average Bonchev–Trinajstić information content (AvgIpc) is 3.59. The molecule has 2 heteroatoms. The predicted octanol–water partition coefficient (Wildman–Crippen LogP) is 15.5. The Balaban J connectivity index is 1.18. The van der Waals surface area contributed by atoms with E-state index >= 15 is 0 Å². The number of thiophene rings is 1. The van der Waals surface area contributed by atoms with Crippen LogP contribution in [0.4, 0.5) is 17.1 Å². The van der Waals surface area contributed by atoms with Crippen molar-refractivity contribution >= 4 is 91.7 Å². The van der Waals surface area contributed by atoms with Crippen LogP contribution < -0.4 is 4.90 Å². The maximum Gasteiger partial charge on any atom is 0.0546 e. The standard InChI is InChI=1S/C52H33NS/c1-2-12-34(13-3-1)35-22-24-41(25-23-35)53(42-26-27-51-49(33-42)48-29-36-14-4-5-15-37(36)32-52(48)54-51)50-31-40(28-38-16-7-9-19-44(38)50)47-30-39-17-6-8-18-43(39)45-20-10-11-21-46(45)47/h1-33H. The molecule has 0 fully saturated rings. The van der Waals surface area contributed by atoms with Gasteiger partial charge in [0, 0.05) is 36.9 Å². The minimum absolute atomic E-state index is 1.12. The second-order valence-electron chi connectivity index (χ2n) is 14.1. The van der Waals surface area contributed by atoms with E-state index < -0.39 is 0 Å². The minimum Gasteiger partial charge on any atom is -0.310 e. The van der Waals surface area contributed by atoms with E-state index in [-0.39, 0.29) is 0 Å². The summed E-state index contributed by atoms with van der Waals surface area (Å²) in [5.74, 6) is 0. The summed E-state index contributed by atoms with van der Waals surface area (Å²) in [5, 5.41) is 12.6. The lowest BCUT2D eigenvalue weighted by atomic mass is 9.91. The van der Waals surface area contributed by atoms with E-state index in [1.165, 1.54) is 85.5 Å². The van der Waals surface area contributed by atoms with Crippen molar-refractivity contribution in [2.24, 2.45) is 0 Å². The molecule has 11 aromatic rings. The minimum atomic E-state index is 1.12. The fraction of sp³-hybridized carbons (Fsp3) is 0. The quantitative estimate of drug-likeness (QED) is 0.161. The van der Waals surface area contributed by atoms with Gasteiger partial charge in [0.25, 0.3) is 0 Å². The van der Waals surface area contributed by atoms with Crippen LogP contribution in [0.15, 0.2) is 200 Å². The highest BCUT2D eigenvalue weighted by molar-refractivity contribution is 7.25. The third-order valence-corrected chi connectivity index (χ3v) is 12.1. The van der Waals surface area contributed by atoms with Gasteiger partial charge in [-0.2, -0.15) is 0 Å². The summed E-state index contributed by atoms with van der Waals surface area (Å²) in [4.78, 5) is 2.47. The number of nitrogens with zero attached hydrogens (tertiary/aromatic N) is 1. The molecule has 0 saturated heterocycles. The zero-order valence-electron chi connectivity index (χ0n) is 29.4. The summed E-state index contributed by atoms with van der Waals surface area (Å²) in [6.07, 6.45) is 0. The van der Waals surface area contributed by atoms with E-state index in [2.05, 4.69) is 205 Å². The molecule has 0 aliphatic heterocycles. The summed E-state index contributed by atoms with van der Waals surface area (Å²) in [5.41, 5.74) is 8.25. The highest BCUT2D eigenvalue weighted by atomic mass is 32.1. The monoisotopic (exact) mass is 703 g/mol. The van der Waals surface area contributed by atoms with Crippen molar-refractivity contribution in [3.63, 3.8) is 0 Å². The first-order valence-corrected chi connectivity index (χ1v) is 19.3. The summed E-state index contributed by atoms with van der Waals surface area (Å²) < 4.78 is 2.61. The van der Waals surface area contributed by atoms with Gasteiger partial charge in [0.15, 0.2) is 0 Å². The lowest BCUT2D eigenvalue weighted by molar-refractivity contribution is 1.30. The van der Waals surface area contributed by atoms with Gasteiger partial charge in [0.05, 0.1) is 5.69 Å². The Bertz CT molecular complexity index is 3210. The van der Waals surface area contributed by atoms with Crippen LogP contribution in [0.1, 0.15) is 0 Å². The number of hydrogen-bond donors (Lipinski definition) is 0. The smallest absolute Gasteiger partial charge is 0.0546 e. The molecular weight excluding hydrogens is 671 g/mol. The maximum absolute atomic E-state index is 2.47. The summed E-state index contributed by atoms with van der Waals surface area (Å²) in [7, 11) is 0. The molecule has 0 unspecified atom stereocenters. The van der Waals surface area contributed by atoms with E-state index in [0.717, 1.165) is 17.1 Å². The highest BCUT2D eigenvalue weighted by Crippen LogP contribution is 2.46. The first-order chi connectivity index (χ1) is 26.7. The molecule has 0 N–H and O–H groups in total. The number of hydrogen-bond acceptors (Lipinski definition) is 2. The van der Waals surface area contributed by atoms with Gasteiger partial charge in [-0.3, -0.25) is 0 Å². The van der Waals surface area contributed by atoms with E-state index in [0.29, 0.717) is 0 Å². The molecule has 0 atom stereocenters. The van der Waals surface area contributed by atoms with Crippen LogP contribution in [0.2, 0.25) is 0 Å². The van der Waals surface area contributed by atoms with Crippen LogP contribution in [0.25, 0.3) is 85.5 Å². The van der Waals surface area contributed by atoms with E-state index in [1.807, 2.05) is 11.3 Å².